The number of amides is 1. The predicted octanol–water partition coefficient (Wildman–Crippen LogP) is -0.920. The van der Waals surface area contributed by atoms with E-state index in [2.05, 4.69) is 15.2 Å². The van der Waals surface area contributed by atoms with Crippen LogP contribution < -0.4 is 5.32 Å². The fourth-order valence-electron chi connectivity index (χ4n) is 0.979. The normalized spacial score (nSPS) is 9.71. The Morgan fingerprint density at radius 3 is 2.88 bits per heavy atom. The number of esters is 1. The Balaban J connectivity index is 2.45. The van der Waals surface area contributed by atoms with E-state index in [9.17, 15) is 19.7 Å². The summed E-state index contributed by atoms with van der Waals surface area (Å²) < 4.78 is 5.42. The molecule has 0 aliphatic rings. The molecule has 0 spiro atoms. The van der Waals surface area contributed by atoms with Crippen molar-refractivity contribution in [3.05, 3.63) is 22.5 Å². The summed E-state index contributed by atoms with van der Waals surface area (Å²) in [6.45, 7) is -0.455. The van der Waals surface area contributed by atoms with Crippen LogP contribution >= 0.6 is 0 Å². The Morgan fingerprint density at radius 1 is 1.65 bits per heavy atom. The van der Waals surface area contributed by atoms with E-state index in [-0.39, 0.29) is 18.8 Å². The van der Waals surface area contributed by atoms with Crippen LogP contribution in [0.4, 0.5) is 5.69 Å². The lowest BCUT2D eigenvalue weighted by Gasteiger charge is -2.03. The fourth-order valence-corrected chi connectivity index (χ4v) is 0.979. The Hall–Kier alpha value is -2.45. The molecule has 1 heterocycles. The van der Waals surface area contributed by atoms with Gasteiger partial charge in [-0.2, -0.15) is 5.10 Å². The summed E-state index contributed by atoms with van der Waals surface area (Å²) >= 11 is 0. The van der Waals surface area contributed by atoms with E-state index < -0.39 is 16.8 Å². The molecule has 0 saturated heterocycles. The molecule has 17 heavy (non-hydrogen) atoms. The van der Waals surface area contributed by atoms with E-state index in [4.69, 9.17) is 0 Å². The van der Waals surface area contributed by atoms with Gasteiger partial charge in [-0.15, -0.1) is 0 Å². The van der Waals surface area contributed by atoms with Gasteiger partial charge in [0.15, 0.2) is 0 Å². The fraction of sp³-hybridized carbons (Fsp3) is 0.375. The first-order valence-electron chi connectivity index (χ1n) is 4.53. The highest BCUT2D eigenvalue weighted by Gasteiger charge is 2.11. The van der Waals surface area contributed by atoms with E-state index in [0.717, 1.165) is 17.1 Å². The summed E-state index contributed by atoms with van der Waals surface area (Å²) in [7, 11) is 1.20. The van der Waals surface area contributed by atoms with Crippen LogP contribution in [-0.2, 0) is 20.9 Å². The van der Waals surface area contributed by atoms with Crippen LogP contribution in [0.1, 0.15) is 0 Å². The summed E-state index contributed by atoms with van der Waals surface area (Å²) in [6.07, 6.45) is 2.16. The highest BCUT2D eigenvalue weighted by molar-refractivity contribution is 5.81. The largest absolute Gasteiger partial charge is 0.468 e. The molecular weight excluding hydrogens is 232 g/mol. The van der Waals surface area contributed by atoms with Crippen LogP contribution in [0.15, 0.2) is 12.4 Å². The highest BCUT2D eigenvalue weighted by Crippen LogP contribution is 2.07. The smallest absolute Gasteiger partial charge is 0.325 e. The zero-order valence-corrected chi connectivity index (χ0v) is 8.95. The lowest BCUT2D eigenvalue weighted by atomic mass is 10.5. The van der Waals surface area contributed by atoms with Gasteiger partial charge in [0.05, 0.1) is 12.0 Å². The van der Waals surface area contributed by atoms with Crippen molar-refractivity contribution in [1.82, 2.24) is 15.1 Å². The number of hydrogen-bond donors (Lipinski definition) is 1. The van der Waals surface area contributed by atoms with Gasteiger partial charge in [0.1, 0.15) is 25.5 Å². The van der Waals surface area contributed by atoms with Crippen LogP contribution in [0.3, 0.4) is 0 Å². The number of ether oxygens (including phenoxy) is 1. The maximum absolute atomic E-state index is 11.3. The summed E-state index contributed by atoms with van der Waals surface area (Å²) in [5.74, 6) is -1.07. The number of carbonyl (C=O) groups excluding carboxylic acids is 2. The van der Waals surface area contributed by atoms with E-state index in [1.54, 1.807) is 0 Å². The van der Waals surface area contributed by atoms with Crippen LogP contribution in [0.2, 0.25) is 0 Å². The van der Waals surface area contributed by atoms with Gasteiger partial charge >= 0.3 is 11.7 Å². The van der Waals surface area contributed by atoms with Crippen LogP contribution in [0.25, 0.3) is 0 Å². The quantitative estimate of drug-likeness (QED) is 0.405. The Kier molecular flexibility index (Phi) is 4.14. The van der Waals surface area contributed by atoms with Crippen molar-refractivity contribution in [3.63, 3.8) is 0 Å². The summed E-state index contributed by atoms with van der Waals surface area (Å²) in [5, 5.41) is 16.2. The molecular formula is C8H10N4O5. The van der Waals surface area contributed by atoms with Gasteiger partial charge in [-0.25, -0.2) is 0 Å². The van der Waals surface area contributed by atoms with Crippen molar-refractivity contribution in [1.29, 1.82) is 0 Å². The number of rotatable bonds is 5. The molecule has 92 valence electrons. The molecule has 0 atom stereocenters. The van der Waals surface area contributed by atoms with Gasteiger partial charge in [0, 0.05) is 0 Å². The molecule has 1 rings (SSSR count). The summed E-state index contributed by atoms with van der Waals surface area (Å²) in [6, 6.07) is 0. The van der Waals surface area contributed by atoms with Gasteiger partial charge in [-0.1, -0.05) is 0 Å². The molecule has 0 aromatic carbocycles. The third kappa shape index (κ3) is 3.89. The van der Waals surface area contributed by atoms with Gasteiger partial charge in [-0.05, 0) is 0 Å². The van der Waals surface area contributed by atoms with E-state index >= 15 is 0 Å². The first-order chi connectivity index (χ1) is 8.02. The second kappa shape index (κ2) is 5.58. The molecule has 9 heteroatoms. The SMILES string of the molecule is COC(=O)CNC(=O)Cn1cc([N+](=O)[O-])cn1. The average molecular weight is 242 g/mol. The first kappa shape index (κ1) is 12.6. The standard InChI is InChI=1S/C8H10N4O5/c1-17-8(14)3-9-7(13)5-11-4-6(2-10-11)12(15)16/h2,4H,3,5H2,1H3,(H,9,13). The van der Waals surface area contributed by atoms with Gasteiger partial charge in [0.2, 0.25) is 5.91 Å². The van der Waals surface area contributed by atoms with Crippen LogP contribution in [-0.4, -0.2) is 40.2 Å². The topological polar surface area (TPSA) is 116 Å². The van der Waals surface area contributed by atoms with E-state index in [1.165, 1.54) is 7.11 Å². The first-order valence-corrected chi connectivity index (χ1v) is 4.53. The minimum atomic E-state index is -0.615. The van der Waals surface area contributed by atoms with Crippen LogP contribution in [0.5, 0.6) is 0 Å². The zero-order chi connectivity index (χ0) is 12.8. The molecule has 1 amide bonds. The van der Waals surface area contributed by atoms with Crippen molar-refractivity contribution in [3.8, 4) is 0 Å². The second-order valence-electron chi connectivity index (χ2n) is 3.01. The molecule has 1 aromatic rings. The Morgan fingerprint density at radius 2 is 2.35 bits per heavy atom. The number of aromatic nitrogens is 2. The molecule has 1 N–H and O–H groups in total. The van der Waals surface area contributed by atoms with Crippen molar-refractivity contribution < 1.29 is 19.2 Å². The number of methoxy groups -OCH3 is 1. The number of carbonyl (C=O) groups is 2. The molecule has 1 aromatic heterocycles. The third-order valence-electron chi connectivity index (χ3n) is 1.79. The minimum Gasteiger partial charge on any atom is -0.468 e. The number of nitrogens with zero attached hydrogens (tertiary/aromatic N) is 3. The zero-order valence-electron chi connectivity index (χ0n) is 8.95. The predicted molar refractivity (Wildman–Crippen MR) is 53.9 cm³/mol. The van der Waals surface area contributed by atoms with Gasteiger partial charge in [0.25, 0.3) is 0 Å². The molecule has 0 unspecified atom stereocenters. The summed E-state index contributed by atoms with van der Waals surface area (Å²) in [4.78, 5) is 31.7. The lowest BCUT2D eigenvalue weighted by Crippen LogP contribution is -2.32. The Labute approximate surface area is 95.5 Å². The Bertz CT molecular complexity index is 441. The summed E-state index contributed by atoms with van der Waals surface area (Å²) in [5.41, 5.74) is -0.203. The third-order valence-corrected chi connectivity index (χ3v) is 1.79. The highest BCUT2D eigenvalue weighted by atomic mass is 16.6. The number of nitrogens with one attached hydrogen (secondary N) is 1. The maximum Gasteiger partial charge on any atom is 0.325 e. The lowest BCUT2D eigenvalue weighted by molar-refractivity contribution is -0.385. The maximum atomic E-state index is 11.3. The van der Waals surface area contributed by atoms with Crippen molar-refractivity contribution in [2.45, 2.75) is 6.54 Å². The van der Waals surface area contributed by atoms with E-state index in [1.807, 2.05) is 0 Å². The molecule has 0 bridgehead atoms. The van der Waals surface area contributed by atoms with Crippen LogP contribution in [0, 0.1) is 10.1 Å². The average Bonchev–Trinajstić information content (AvgIpc) is 2.74. The molecule has 0 saturated carbocycles. The molecule has 0 aliphatic carbocycles. The molecule has 0 aliphatic heterocycles. The van der Waals surface area contributed by atoms with E-state index in [0.29, 0.717) is 0 Å². The molecule has 9 nitrogen and oxygen atoms in total. The molecule has 0 radical (unpaired) electrons. The second-order valence-corrected chi connectivity index (χ2v) is 3.01. The minimum absolute atomic E-state index is 0.203. The monoisotopic (exact) mass is 242 g/mol. The number of nitro groups is 1. The van der Waals surface area contributed by atoms with Gasteiger partial charge in [-0.3, -0.25) is 24.4 Å². The van der Waals surface area contributed by atoms with Crippen molar-refractivity contribution in [2.24, 2.45) is 0 Å². The van der Waals surface area contributed by atoms with Crippen molar-refractivity contribution in [2.75, 3.05) is 13.7 Å². The van der Waals surface area contributed by atoms with Crippen molar-refractivity contribution >= 4 is 17.6 Å². The molecule has 0 fully saturated rings. The van der Waals surface area contributed by atoms with Gasteiger partial charge < -0.3 is 10.1 Å². The number of hydrogen-bond acceptors (Lipinski definition) is 6.